The van der Waals surface area contributed by atoms with E-state index in [4.69, 9.17) is 0 Å². The Kier molecular flexibility index (Phi) is 2.08. The zero-order valence-electron chi connectivity index (χ0n) is 8.24. The molecule has 0 aliphatic heterocycles. The summed E-state index contributed by atoms with van der Waals surface area (Å²) >= 11 is 0. The molecule has 0 aliphatic rings. The van der Waals surface area contributed by atoms with Gasteiger partial charge in [-0.15, -0.1) is 0 Å². The van der Waals surface area contributed by atoms with E-state index in [1.54, 1.807) is 24.4 Å². The molecule has 2 aromatic heterocycles. The van der Waals surface area contributed by atoms with E-state index < -0.39 is 0 Å². The number of nitrogens with one attached hydrogen (secondary N) is 1. The third-order valence-electron chi connectivity index (χ3n) is 2.24. The van der Waals surface area contributed by atoms with Crippen molar-refractivity contribution in [2.24, 2.45) is 0 Å². The lowest BCUT2D eigenvalue weighted by Crippen LogP contribution is -2.06. The summed E-state index contributed by atoms with van der Waals surface area (Å²) in [4.78, 5) is 18.9. The number of hydrogen-bond donors (Lipinski definition) is 1. The van der Waals surface area contributed by atoms with E-state index >= 15 is 0 Å². The zero-order valence-corrected chi connectivity index (χ0v) is 8.24. The molecule has 0 bridgehead atoms. The fraction of sp³-hybridized carbons (Fsp3) is 0.273. The van der Waals surface area contributed by atoms with Gasteiger partial charge in [0, 0.05) is 18.0 Å². The highest BCUT2D eigenvalue weighted by Crippen LogP contribution is 2.11. The summed E-state index contributed by atoms with van der Waals surface area (Å²) in [6, 6.07) is 5.20. The van der Waals surface area contributed by atoms with E-state index in [-0.39, 0.29) is 5.43 Å². The molecule has 2 aromatic rings. The molecule has 14 heavy (non-hydrogen) atoms. The Morgan fingerprint density at radius 1 is 1.43 bits per heavy atom. The molecule has 0 spiro atoms. The van der Waals surface area contributed by atoms with Gasteiger partial charge in [-0.05, 0) is 18.1 Å². The minimum Gasteiger partial charge on any atom is -0.343 e. The van der Waals surface area contributed by atoms with Crippen LogP contribution in [0.5, 0.6) is 0 Å². The summed E-state index contributed by atoms with van der Waals surface area (Å²) < 4.78 is 0. The van der Waals surface area contributed by atoms with Crippen LogP contribution in [0.2, 0.25) is 0 Å². The molecule has 3 nitrogen and oxygen atoms in total. The van der Waals surface area contributed by atoms with Crippen LogP contribution in [0.3, 0.4) is 0 Å². The maximum atomic E-state index is 11.6. The van der Waals surface area contributed by atoms with Crippen molar-refractivity contribution in [3.63, 3.8) is 0 Å². The molecule has 0 unspecified atom stereocenters. The van der Waals surface area contributed by atoms with Gasteiger partial charge in [0.15, 0.2) is 5.43 Å². The maximum absolute atomic E-state index is 11.6. The molecule has 1 N–H and O–H groups in total. The Morgan fingerprint density at radius 2 is 2.21 bits per heavy atom. The summed E-state index contributed by atoms with van der Waals surface area (Å²) in [6.07, 6.45) is 1.68. The predicted octanol–water partition coefficient (Wildman–Crippen LogP) is 2.05. The largest absolute Gasteiger partial charge is 0.343 e. The Morgan fingerprint density at radius 3 is 2.93 bits per heavy atom. The third kappa shape index (κ3) is 1.41. The molecule has 0 fully saturated rings. The fourth-order valence-corrected chi connectivity index (χ4v) is 1.41. The van der Waals surface area contributed by atoms with Gasteiger partial charge in [-0.3, -0.25) is 4.79 Å². The summed E-state index contributed by atoms with van der Waals surface area (Å²) in [5.74, 6) is 0.314. The lowest BCUT2D eigenvalue weighted by Gasteiger charge is -2.05. The first-order valence-corrected chi connectivity index (χ1v) is 4.66. The van der Waals surface area contributed by atoms with Crippen LogP contribution in [-0.4, -0.2) is 9.97 Å². The summed E-state index contributed by atoms with van der Waals surface area (Å²) in [6.45, 7) is 4.08. The van der Waals surface area contributed by atoms with Crippen molar-refractivity contribution >= 4 is 11.0 Å². The molecular formula is C11H12N2O. The van der Waals surface area contributed by atoms with Gasteiger partial charge >= 0.3 is 0 Å². The minimum absolute atomic E-state index is 0.0375. The number of nitrogens with zero attached hydrogens (tertiary/aromatic N) is 1. The second-order valence-electron chi connectivity index (χ2n) is 3.64. The smallest absolute Gasteiger partial charge is 0.191 e. The second-order valence-corrected chi connectivity index (χ2v) is 3.64. The first-order chi connectivity index (χ1) is 6.68. The van der Waals surface area contributed by atoms with E-state index in [1.165, 1.54) is 0 Å². The normalized spacial score (nSPS) is 11.1. The number of hydrogen-bond acceptors (Lipinski definition) is 2. The summed E-state index contributed by atoms with van der Waals surface area (Å²) in [5, 5.41) is 0.650. The van der Waals surface area contributed by atoms with Crippen LogP contribution >= 0.6 is 0 Å². The molecule has 0 saturated carbocycles. The quantitative estimate of drug-likeness (QED) is 0.744. The standard InChI is InChI=1S/C11H12N2O/c1-7(2)9-6-10(14)8-4-3-5-12-11(8)13-9/h3-7H,1-2H3,(H,12,13,14). The average Bonchev–Trinajstić information content (AvgIpc) is 2.17. The molecule has 0 aliphatic carbocycles. The van der Waals surface area contributed by atoms with Crippen molar-refractivity contribution in [2.45, 2.75) is 19.8 Å². The van der Waals surface area contributed by atoms with E-state index in [1.807, 2.05) is 13.8 Å². The van der Waals surface area contributed by atoms with Crippen molar-refractivity contribution in [2.75, 3.05) is 0 Å². The van der Waals surface area contributed by atoms with Gasteiger partial charge in [0.05, 0.1) is 5.39 Å². The highest BCUT2D eigenvalue weighted by atomic mass is 16.1. The molecular weight excluding hydrogens is 176 g/mol. The monoisotopic (exact) mass is 188 g/mol. The number of aromatic amines is 1. The van der Waals surface area contributed by atoms with Crippen LogP contribution < -0.4 is 5.43 Å². The molecule has 2 rings (SSSR count). The topological polar surface area (TPSA) is 45.8 Å². The predicted molar refractivity (Wildman–Crippen MR) is 56.5 cm³/mol. The van der Waals surface area contributed by atoms with Crippen molar-refractivity contribution in [1.82, 2.24) is 9.97 Å². The first kappa shape index (κ1) is 8.94. The highest BCUT2D eigenvalue weighted by molar-refractivity contribution is 5.74. The fourth-order valence-electron chi connectivity index (χ4n) is 1.41. The zero-order chi connectivity index (χ0) is 10.1. The van der Waals surface area contributed by atoms with Gasteiger partial charge in [0.1, 0.15) is 5.65 Å². The van der Waals surface area contributed by atoms with E-state index in [2.05, 4.69) is 9.97 Å². The number of fused-ring (bicyclic) bond motifs is 1. The van der Waals surface area contributed by atoms with Crippen LogP contribution in [0.4, 0.5) is 0 Å². The summed E-state index contributed by atoms with van der Waals surface area (Å²) in [7, 11) is 0. The van der Waals surface area contributed by atoms with Crippen LogP contribution in [0.15, 0.2) is 29.2 Å². The molecule has 0 aromatic carbocycles. The molecule has 0 radical (unpaired) electrons. The van der Waals surface area contributed by atoms with Crippen molar-refractivity contribution in [3.8, 4) is 0 Å². The Bertz CT molecular complexity index is 514. The molecule has 72 valence electrons. The first-order valence-electron chi connectivity index (χ1n) is 4.66. The third-order valence-corrected chi connectivity index (χ3v) is 2.24. The Balaban J connectivity index is 2.79. The Hall–Kier alpha value is -1.64. The van der Waals surface area contributed by atoms with Crippen LogP contribution in [0.1, 0.15) is 25.5 Å². The van der Waals surface area contributed by atoms with Crippen molar-refractivity contribution in [3.05, 3.63) is 40.3 Å². The van der Waals surface area contributed by atoms with E-state index in [0.29, 0.717) is 17.0 Å². The van der Waals surface area contributed by atoms with Gasteiger partial charge in [0.25, 0.3) is 0 Å². The van der Waals surface area contributed by atoms with Crippen molar-refractivity contribution < 1.29 is 0 Å². The van der Waals surface area contributed by atoms with Crippen LogP contribution in [0, 0.1) is 0 Å². The second kappa shape index (κ2) is 3.25. The molecule has 0 atom stereocenters. The van der Waals surface area contributed by atoms with E-state index in [9.17, 15) is 4.79 Å². The van der Waals surface area contributed by atoms with Crippen LogP contribution in [0.25, 0.3) is 11.0 Å². The Labute approximate surface area is 81.8 Å². The number of rotatable bonds is 1. The van der Waals surface area contributed by atoms with Crippen molar-refractivity contribution in [1.29, 1.82) is 0 Å². The van der Waals surface area contributed by atoms with Crippen LogP contribution in [-0.2, 0) is 0 Å². The lowest BCUT2D eigenvalue weighted by molar-refractivity contribution is 0.826. The number of pyridine rings is 2. The number of aromatic nitrogens is 2. The highest BCUT2D eigenvalue weighted by Gasteiger charge is 2.04. The van der Waals surface area contributed by atoms with Gasteiger partial charge in [-0.25, -0.2) is 4.98 Å². The summed E-state index contributed by atoms with van der Waals surface area (Å²) in [5.41, 5.74) is 1.64. The maximum Gasteiger partial charge on any atom is 0.191 e. The molecule has 3 heteroatoms. The van der Waals surface area contributed by atoms with Gasteiger partial charge in [0.2, 0.25) is 0 Å². The lowest BCUT2D eigenvalue weighted by atomic mass is 10.1. The van der Waals surface area contributed by atoms with Gasteiger partial charge in [-0.2, -0.15) is 0 Å². The molecule has 2 heterocycles. The van der Waals surface area contributed by atoms with E-state index in [0.717, 1.165) is 5.69 Å². The molecule has 0 amide bonds. The van der Waals surface area contributed by atoms with Gasteiger partial charge < -0.3 is 4.98 Å². The average molecular weight is 188 g/mol. The van der Waals surface area contributed by atoms with Gasteiger partial charge in [-0.1, -0.05) is 13.8 Å². The SMILES string of the molecule is CC(C)c1cc(=O)c2cccnc2[nH]1. The molecule has 0 saturated heterocycles. The number of H-pyrrole nitrogens is 1. The minimum atomic E-state index is 0.0375.